The summed E-state index contributed by atoms with van der Waals surface area (Å²) in [6, 6.07) is 3.01. The number of hydrogen-bond acceptors (Lipinski definition) is 6. The van der Waals surface area contributed by atoms with Gasteiger partial charge < -0.3 is 9.15 Å². The van der Waals surface area contributed by atoms with Crippen LogP contribution >= 0.6 is 0 Å². The molecule has 94 valence electrons. The van der Waals surface area contributed by atoms with Crippen molar-refractivity contribution >= 4 is 17.0 Å². The Morgan fingerprint density at radius 1 is 1.50 bits per heavy atom. The van der Waals surface area contributed by atoms with E-state index in [-0.39, 0.29) is 24.2 Å². The highest BCUT2D eigenvalue weighted by Gasteiger charge is 2.13. The molecule has 2 aromatic rings. The van der Waals surface area contributed by atoms with Crippen LogP contribution in [-0.4, -0.2) is 22.1 Å². The first kappa shape index (κ1) is 12.0. The largest absolute Gasteiger partial charge is 0.465 e. The summed E-state index contributed by atoms with van der Waals surface area (Å²) in [7, 11) is 0. The third kappa shape index (κ3) is 2.15. The van der Waals surface area contributed by atoms with Gasteiger partial charge in [-0.3, -0.25) is 4.79 Å². The summed E-state index contributed by atoms with van der Waals surface area (Å²) in [5.74, 6) is -1.53. The topological polar surface area (TPSA) is 91.4 Å². The van der Waals surface area contributed by atoms with Gasteiger partial charge in [-0.1, -0.05) is 0 Å². The first-order chi connectivity index (χ1) is 8.63. The quantitative estimate of drug-likeness (QED) is 0.707. The third-order valence-electron chi connectivity index (χ3n) is 2.26. The van der Waals surface area contributed by atoms with Crippen molar-refractivity contribution in [3.8, 4) is 0 Å². The van der Waals surface area contributed by atoms with Crippen molar-refractivity contribution < 1.29 is 13.9 Å². The Balaban J connectivity index is 2.60. The molecule has 0 amide bonds. The molecular weight excluding hydrogens is 240 g/mol. The molecule has 0 fully saturated rings. The van der Waals surface area contributed by atoms with Crippen molar-refractivity contribution in [1.82, 2.24) is 9.55 Å². The van der Waals surface area contributed by atoms with Crippen LogP contribution in [0.3, 0.4) is 0 Å². The summed E-state index contributed by atoms with van der Waals surface area (Å²) in [6.45, 7) is 1.52. The lowest BCUT2D eigenvalue weighted by Gasteiger charge is -2.06. The van der Waals surface area contributed by atoms with Crippen molar-refractivity contribution in [1.29, 1.82) is 0 Å². The number of esters is 1. The Labute approximate surface area is 101 Å². The van der Waals surface area contributed by atoms with E-state index in [9.17, 15) is 14.4 Å². The molecule has 0 radical (unpaired) electrons. The van der Waals surface area contributed by atoms with E-state index in [0.29, 0.717) is 0 Å². The normalized spacial score (nSPS) is 10.5. The van der Waals surface area contributed by atoms with Crippen LogP contribution < -0.4 is 11.4 Å². The predicted octanol–water partition coefficient (Wildman–Crippen LogP) is -0.0872. The van der Waals surface area contributed by atoms with Gasteiger partial charge in [-0.15, -0.1) is 0 Å². The van der Waals surface area contributed by atoms with E-state index in [1.54, 1.807) is 13.0 Å². The number of pyridine rings is 1. The van der Waals surface area contributed by atoms with E-state index < -0.39 is 17.4 Å². The monoisotopic (exact) mass is 250 g/mol. The minimum absolute atomic E-state index is 0.104. The molecule has 0 saturated heterocycles. The van der Waals surface area contributed by atoms with Gasteiger partial charge in [-0.05, 0) is 19.1 Å². The molecule has 0 aliphatic rings. The molecule has 0 spiro atoms. The standard InChI is InChI=1S/C11H10N2O5/c1-2-17-8(14)6-13-9-7(4-3-5-12-9)10(15)18-11(13)16/h3-5H,2,6H2,1H3. The van der Waals surface area contributed by atoms with Crippen molar-refractivity contribution in [2.45, 2.75) is 13.5 Å². The summed E-state index contributed by atoms with van der Waals surface area (Å²) in [6.07, 6.45) is 1.42. The van der Waals surface area contributed by atoms with Gasteiger partial charge in [-0.2, -0.15) is 0 Å². The molecule has 2 aromatic heterocycles. The molecule has 7 nitrogen and oxygen atoms in total. The fraction of sp³-hybridized carbons (Fsp3) is 0.273. The van der Waals surface area contributed by atoms with Gasteiger partial charge in [0.1, 0.15) is 11.9 Å². The fourth-order valence-electron chi connectivity index (χ4n) is 1.52. The second kappa shape index (κ2) is 4.82. The number of ether oxygens (including phenoxy) is 1. The molecule has 0 aliphatic carbocycles. The second-order valence-corrected chi connectivity index (χ2v) is 3.42. The maximum atomic E-state index is 11.5. The number of fused-ring (bicyclic) bond motifs is 1. The maximum absolute atomic E-state index is 11.5. The van der Waals surface area contributed by atoms with Gasteiger partial charge >= 0.3 is 17.4 Å². The highest BCUT2D eigenvalue weighted by Crippen LogP contribution is 2.03. The molecular formula is C11H10N2O5. The van der Waals surface area contributed by atoms with E-state index >= 15 is 0 Å². The first-order valence-corrected chi connectivity index (χ1v) is 5.27. The smallest absolute Gasteiger partial charge is 0.424 e. The number of hydrogen-bond donors (Lipinski definition) is 0. The predicted molar refractivity (Wildman–Crippen MR) is 61.2 cm³/mol. The summed E-state index contributed by atoms with van der Waals surface area (Å²) >= 11 is 0. The highest BCUT2D eigenvalue weighted by molar-refractivity contribution is 5.76. The van der Waals surface area contributed by atoms with Gasteiger partial charge in [-0.25, -0.2) is 19.1 Å². The molecule has 0 aliphatic heterocycles. The van der Waals surface area contributed by atoms with E-state index in [1.165, 1.54) is 12.3 Å². The molecule has 0 N–H and O–H groups in total. The van der Waals surface area contributed by atoms with Crippen LogP contribution in [0.1, 0.15) is 6.92 Å². The molecule has 0 bridgehead atoms. The molecule has 2 heterocycles. The van der Waals surface area contributed by atoms with Crippen LogP contribution in [0.4, 0.5) is 0 Å². The molecule has 18 heavy (non-hydrogen) atoms. The van der Waals surface area contributed by atoms with Crippen LogP contribution in [-0.2, 0) is 16.1 Å². The maximum Gasteiger partial charge on any atom is 0.424 e. The molecule has 0 saturated carbocycles. The number of rotatable bonds is 3. The van der Waals surface area contributed by atoms with Gasteiger partial charge in [0.25, 0.3) is 0 Å². The Morgan fingerprint density at radius 3 is 3.00 bits per heavy atom. The number of carbonyl (C=O) groups is 1. The van der Waals surface area contributed by atoms with E-state index in [0.717, 1.165) is 4.57 Å². The Kier molecular flexibility index (Phi) is 3.22. The molecule has 2 rings (SSSR count). The number of aromatic nitrogens is 2. The first-order valence-electron chi connectivity index (χ1n) is 5.27. The van der Waals surface area contributed by atoms with Crippen LogP contribution in [0.2, 0.25) is 0 Å². The van der Waals surface area contributed by atoms with Gasteiger partial charge in [0.15, 0.2) is 5.65 Å². The van der Waals surface area contributed by atoms with Gasteiger partial charge in [0.2, 0.25) is 0 Å². The zero-order valence-electron chi connectivity index (χ0n) is 9.58. The van der Waals surface area contributed by atoms with Crippen molar-refractivity contribution in [2.75, 3.05) is 6.61 Å². The SMILES string of the molecule is CCOC(=O)Cn1c(=O)oc(=O)c2cccnc21. The number of nitrogens with zero attached hydrogens (tertiary/aromatic N) is 2. The Bertz CT molecular complexity index is 700. The van der Waals surface area contributed by atoms with Crippen LogP contribution in [0.25, 0.3) is 11.0 Å². The molecule has 7 heteroatoms. The van der Waals surface area contributed by atoms with Crippen molar-refractivity contribution in [2.24, 2.45) is 0 Å². The minimum atomic E-state index is -0.931. The summed E-state index contributed by atoms with van der Waals surface area (Å²) < 4.78 is 10.2. The fourth-order valence-corrected chi connectivity index (χ4v) is 1.52. The second-order valence-electron chi connectivity index (χ2n) is 3.42. The van der Waals surface area contributed by atoms with Gasteiger partial charge in [0.05, 0.1) is 6.61 Å². The van der Waals surface area contributed by atoms with Crippen molar-refractivity contribution in [3.63, 3.8) is 0 Å². The zero-order valence-corrected chi connectivity index (χ0v) is 9.58. The van der Waals surface area contributed by atoms with Gasteiger partial charge in [0, 0.05) is 6.20 Å². The van der Waals surface area contributed by atoms with Crippen LogP contribution in [0.5, 0.6) is 0 Å². The highest BCUT2D eigenvalue weighted by atomic mass is 16.5. The Hall–Kier alpha value is -2.44. The summed E-state index contributed by atoms with van der Waals surface area (Å²) in [5, 5.41) is 0.140. The summed E-state index contributed by atoms with van der Waals surface area (Å²) in [5.41, 5.74) is -0.671. The van der Waals surface area contributed by atoms with E-state index in [4.69, 9.17) is 4.74 Å². The van der Waals surface area contributed by atoms with Crippen LogP contribution in [0.15, 0.2) is 32.3 Å². The minimum Gasteiger partial charge on any atom is -0.465 e. The van der Waals surface area contributed by atoms with E-state index in [2.05, 4.69) is 9.40 Å². The van der Waals surface area contributed by atoms with Crippen molar-refractivity contribution in [3.05, 3.63) is 39.3 Å². The van der Waals surface area contributed by atoms with Crippen LogP contribution in [0, 0.1) is 0 Å². The third-order valence-corrected chi connectivity index (χ3v) is 2.26. The summed E-state index contributed by atoms with van der Waals surface area (Å²) in [4.78, 5) is 38.2. The van der Waals surface area contributed by atoms with E-state index in [1.807, 2.05) is 0 Å². The molecule has 0 unspecified atom stereocenters. The lowest BCUT2D eigenvalue weighted by atomic mass is 10.3. The lowest BCUT2D eigenvalue weighted by molar-refractivity contribution is -0.143. The molecule has 0 aromatic carbocycles. The average molecular weight is 250 g/mol. The zero-order chi connectivity index (χ0) is 13.1. The average Bonchev–Trinajstić information content (AvgIpc) is 2.35. The molecule has 0 atom stereocenters. The Morgan fingerprint density at radius 2 is 2.28 bits per heavy atom. The number of carbonyl (C=O) groups excluding carboxylic acids is 1. The lowest BCUT2D eigenvalue weighted by Crippen LogP contribution is -2.29.